The van der Waals surface area contributed by atoms with E-state index in [0.29, 0.717) is 6.04 Å². The highest BCUT2D eigenvalue weighted by Gasteiger charge is 2.40. The number of hydrogen-bond donors (Lipinski definition) is 1. The maximum atomic E-state index is 5.83. The summed E-state index contributed by atoms with van der Waals surface area (Å²) >= 11 is 5.83. The summed E-state index contributed by atoms with van der Waals surface area (Å²) in [6.07, 6.45) is 13.2. The van der Waals surface area contributed by atoms with Gasteiger partial charge in [-0.15, -0.1) is 0 Å². The number of nitrogens with zero attached hydrogens (tertiary/aromatic N) is 4. The van der Waals surface area contributed by atoms with Gasteiger partial charge in [0.25, 0.3) is 0 Å². The molecule has 6 nitrogen and oxygen atoms in total. The first-order valence-corrected chi connectivity index (χ1v) is 12.2. The Labute approximate surface area is 190 Å². The first kappa shape index (κ1) is 20.9. The summed E-state index contributed by atoms with van der Waals surface area (Å²) in [5.74, 6) is 0. The van der Waals surface area contributed by atoms with E-state index in [1.54, 1.807) is 0 Å². The summed E-state index contributed by atoms with van der Waals surface area (Å²) in [6.45, 7) is 5.56. The molecule has 2 saturated heterocycles. The highest BCUT2D eigenvalue weighted by atomic mass is 32.1. The van der Waals surface area contributed by atoms with Gasteiger partial charge in [0.1, 0.15) is 0 Å². The maximum absolute atomic E-state index is 5.83. The summed E-state index contributed by atoms with van der Waals surface area (Å²) in [7, 11) is 0. The van der Waals surface area contributed by atoms with Crippen LogP contribution in [0.2, 0.25) is 0 Å². The Morgan fingerprint density at radius 1 is 1.06 bits per heavy atom. The summed E-state index contributed by atoms with van der Waals surface area (Å²) in [6, 6.07) is 9.31. The number of thiocarbonyl (C=S) groups is 1. The molecule has 5 rings (SSSR count). The van der Waals surface area contributed by atoms with E-state index in [1.165, 1.54) is 37.7 Å². The number of rotatable bonds is 6. The molecule has 7 heteroatoms. The number of morpholine rings is 1. The number of pyridine rings is 1. The van der Waals surface area contributed by atoms with Crippen molar-refractivity contribution in [2.75, 3.05) is 39.4 Å². The highest BCUT2D eigenvalue weighted by Crippen LogP contribution is 2.39. The summed E-state index contributed by atoms with van der Waals surface area (Å²) < 4.78 is 7.96. The molecule has 4 heterocycles. The van der Waals surface area contributed by atoms with Crippen molar-refractivity contribution in [1.82, 2.24) is 24.7 Å². The summed E-state index contributed by atoms with van der Waals surface area (Å²) in [5.41, 5.74) is 2.38. The van der Waals surface area contributed by atoms with E-state index in [4.69, 9.17) is 17.0 Å². The third-order valence-electron chi connectivity index (χ3n) is 7.03. The minimum atomic E-state index is 0.0700. The van der Waals surface area contributed by atoms with Crippen LogP contribution >= 0.6 is 12.2 Å². The molecule has 0 aromatic carbocycles. The van der Waals surface area contributed by atoms with E-state index in [1.807, 2.05) is 12.3 Å². The molecule has 0 bridgehead atoms. The van der Waals surface area contributed by atoms with E-state index in [0.717, 1.165) is 50.2 Å². The van der Waals surface area contributed by atoms with E-state index in [-0.39, 0.29) is 12.1 Å². The normalized spacial score (nSPS) is 25.7. The van der Waals surface area contributed by atoms with Crippen LogP contribution in [0.1, 0.15) is 61.5 Å². The van der Waals surface area contributed by atoms with Gasteiger partial charge in [-0.25, -0.2) is 0 Å². The zero-order valence-corrected chi connectivity index (χ0v) is 19.0. The van der Waals surface area contributed by atoms with Crippen LogP contribution in [0.4, 0.5) is 0 Å². The zero-order valence-electron chi connectivity index (χ0n) is 18.2. The van der Waals surface area contributed by atoms with Crippen molar-refractivity contribution in [3.05, 3.63) is 54.1 Å². The molecule has 2 atom stereocenters. The van der Waals surface area contributed by atoms with Gasteiger partial charge in [0.2, 0.25) is 0 Å². The van der Waals surface area contributed by atoms with E-state index in [9.17, 15) is 0 Å². The molecule has 0 spiro atoms. The quantitative estimate of drug-likeness (QED) is 0.693. The number of hydrogen-bond acceptors (Lipinski definition) is 4. The number of ether oxygens (including phenoxy) is 1. The largest absolute Gasteiger partial charge is 0.379 e. The molecule has 3 aliphatic rings. The fourth-order valence-electron chi connectivity index (χ4n) is 5.30. The Hall–Kier alpha value is -1.96. The van der Waals surface area contributed by atoms with Gasteiger partial charge in [-0.1, -0.05) is 25.3 Å². The first-order valence-electron chi connectivity index (χ1n) is 11.7. The van der Waals surface area contributed by atoms with Crippen molar-refractivity contribution >= 4 is 17.3 Å². The minimum absolute atomic E-state index is 0.0700. The van der Waals surface area contributed by atoms with Crippen molar-refractivity contribution in [1.29, 1.82) is 0 Å². The first-order chi connectivity index (χ1) is 15.3. The Morgan fingerprint density at radius 2 is 1.90 bits per heavy atom. The molecule has 1 N–H and O–H groups in total. The standard InChI is InChI=1S/C24H33N5OS/c31-24-26-22(21-8-4-5-10-25-21)23(29(24)13-12-27-14-16-30-17-15-27)19-9-11-28(18-19)20-6-2-1-3-7-20/h4-5,8-11,18,20,22-23H,1-3,6-7,12-17H2,(H,26,31)/t22-,23-/m0/s1. The van der Waals surface area contributed by atoms with E-state index < -0.39 is 0 Å². The van der Waals surface area contributed by atoms with Gasteiger partial charge in [-0.3, -0.25) is 9.88 Å². The van der Waals surface area contributed by atoms with Crippen LogP contribution in [0.3, 0.4) is 0 Å². The van der Waals surface area contributed by atoms with Crippen molar-refractivity contribution < 1.29 is 4.74 Å². The SMILES string of the molecule is S=C1N[C@@H](c2ccccn2)[C@H](c2ccn(C3CCCCC3)c2)N1CCN1CCOCC1. The molecule has 2 aliphatic heterocycles. The second kappa shape index (κ2) is 9.67. The van der Waals surface area contributed by atoms with Crippen molar-refractivity contribution in [3.8, 4) is 0 Å². The van der Waals surface area contributed by atoms with E-state index >= 15 is 0 Å². The third-order valence-corrected chi connectivity index (χ3v) is 7.39. The molecule has 166 valence electrons. The van der Waals surface area contributed by atoms with Crippen LogP contribution in [-0.2, 0) is 4.74 Å². The molecule has 0 unspecified atom stereocenters. The molecule has 0 radical (unpaired) electrons. The minimum Gasteiger partial charge on any atom is -0.379 e. The average Bonchev–Trinajstić information content (AvgIpc) is 3.44. The van der Waals surface area contributed by atoms with Gasteiger partial charge in [0, 0.05) is 50.8 Å². The van der Waals surface area contributed by atoms with Crippen molar-refractivity contribution in [2.45, 2.75) is 50.2 Å². The van der Waals surface area contributed by atoms with Crippen molar-refractivity contribution in [3.63, 3.8) is 0 Å². The lowest BCUT2D eigenvalue weighted by molar-refractivity contribution is 0.0350. The Balaban J connectivity index is 1.39. The lowest BCUT2D eigenvalue weighted by atomic mass is 9.95. The highest BCUT2D eigenvalue weighted by molar-refractivity contribution is 7.80. The molecule has 3 fully saturated rings. The van der Waals surface area contributed by atoms with Gasteiger partial charge in [-0.05, 0) is 48.8 Å². The molecule has 2 aromatic heterocycles. The van der Waals surface area contributed by atoms with Crippen LogP contribution in [0, 0.1) is 0 Å². The molecular formula is C24H33N5OS. The van der Waals surface area contributed by atoms with Crippen LogP contribution < -0.4 is 5.32 Å². The molecule has 2 aromatic rings. The smallest absolute Gasteiger partial charge is 0.170 e. The molecule has 31 heavy (non-hydrogen) atoms. The topological polar surface area (TPSA) is 45.6 Å². The lowest BCUT2D eigenvalue weighted by Crippen LogP contribution is -2.42. The molecule has 1 saturated carbocycles. The van der Waals surface area contributed by atoms with Gasteiger partial charge in [-0.2, -0.15) is 0 Å². The molecule has 1 aliphatic carbocycles. The second-order valence-corrected chi connectivity index (χ2v) is 9.34. The summed E-state index contributed by atoms with van der Waals surface area (Å²) in [5, 5.41) is 4.42. The third kappa shape index (κ3) is 4.64. The second-order valence-electron chi connectivity index (χ2n) is 8.96. The van der Waals surface area contributed by atoms with E-state index in [2.05, 4.69) is 55.3 Å². The maximum Gasteiger partial charge on any atom is 0.170 e. The van der Waals surface area contributed by atoms with Crippen LogP contribution in [0.25, 0.3) is 0 Å². The predicted octanol–water partition coefficient (Wildman–Crippen LogP) is 3.69. The van der Waals surface area contributed by atoms with Gasteiger partial charge in [0.05, 0.1) is 31.0 Å². The molecule has 0 amide bonds. The fourth-order valence-corrected chi connectivity index (χ4v) is 5.63. The monoisotopic (exact) mass is 439 g/mol. The predicted molar refractivity (Wildman–Crippen MR) is 126 cm³/mol. The Morgan fingerprint density at radius 3 is 2.68 bits per heavy atom. The number of aromatic nitrogens is 2. The molecular weight excluding hydrogens is 406 g/mol. The Kier molecular flexibility index (Phi) is 6.53. The van der Waals surface area contributed by atoms with Crippen LogP contribution in [0.15, 0.2) is 42.9 Å². The van der Waals surface area contributed by atoms with Crippen LogP contribution in [-0.4, -0.2) is 63.9 Å². The Bertz CT molecular complexity index is 860. The van der Waals surface area contributed by atoms with Gasteiger partial charge < -0.3 is 19.5 Å². The van der Waals surface area contributed by atoms with Gasteiger partial charge in [0.15, 0.2) is 5.11 Å². The lowest BCUT2D eigenvalue weighted by Gasteiger charge is -2.32. The van der Waals surface area contributed by atoms with Crippen molar-refractivity contribution in [2.24, 2.45) is 0 Å². The zero-order chi connectivity index (χ0) is 21.0. The summed E-state index contributed by atoms with van der Waals surface area (Å²) in [4.78, 5) is 9.53. The average molecular weight is 440 g/mol. The fraction of sp³-hybridized carbons (Fsp3) is 0.583. The van der Waals surface area contributed by atoms with Gasteiger partial charge >= 0.3 is 0 Å². The van der Waals surface area contributed by atoms with Crippen LogP contribution in [0.5, 0.6) is 0 Å². The number of nitrogens with one attached hydrogen (secondary N) is 1.